The number of benzene rings is 1. The third-order valence-electron chi connectivity index (χ3n) is 6.10. The van der Waals surface area contributed by atoms with Crippen LogP contribution in [0.4, 0.5) is 0 Å². The van der Waals surface area contributed by atoms with E-state index in [0.29, 0.717) is 25.7 Å². The van der Waals surface area contributed by atoms with E-state index in [0.717, 1.165) is 34.7 Å². The number of hydrogen-bond donors (Lipinski definition) is 0. The predicted octanol–water partition coefficient (Wildman–Crippen LogP) is 6.48. The lowest BCUT2D eigenvalue weighted by atomic mass is 10.1. The molecule has 2 aromatic heterocycles. The zero-order chi connectivity index (χ0) is 25.2. The molecule has 0 saturated carbocycles. The van der Waals surface area contributed by atoms with Gasteiger partial charge in [-0.25, -0.2) is 4.98 Å². The molecule has 0 radical (unpaired) electrons. The van der Waals surface area contributed by atoms with Crippen LogP contribution in [0, 0.1) is 0 Å². The Morgan fingerprint density at radius 2 is 1.53 bits per heavy atom. The van der Waals surface area contributed by atoms with E-state index in [2.05, 4.69) is 22.1 Å². The average Bonchev–Trinajstić information content (AvgIpc) is 3.26. The third kappa shape index (κ3) is 7.73. The standard InChI is InChI=1S/C29H37N3O4/c1-4-5-6-7-8-9-18-33-28-17-12-23(19-30-28)27-16-15-26(31-32-27)22-10-13-24(14-11-22)34-20-25-21-35-29(2,3)36-25/h10-17,19,25H,4-9,18,20-21H2,1-3H3/t25-/m0/s1. The summed E-state index contributed by atoms with van der Waals surface area (Å²) in [6.07, 6.45) is 9.18. The van der Waals surface area contributed by atoms with Gasteiger partial charge in [0.05, 0.1) is 24.6 Å². The Labute approximate surface area is 214 Å². The zero-order valence-corrected chi connectivity index (χ0v) is 21.6. The highest BCUT2D eigenvalue weighted by Crippen LogP contribution is 2.25. The molecule has 0 bridgehead atoms. The van der Waals surface area contributed by atoms with Crippen molar-refractivity contribution in [3.05, 3.63) is 54.7 Å². The van der Waals surface area contributed by atoms with Gasteiger partial charge in [-0.3, -0.25) is 0 Å². The lowest BCUT2D eigenvalue weighted by molar-refractivity contribution is -0.141. The van der Waals surface area contributed by atoms with E-state index in [1.807, 2.05) is 62.4 Å². The summed E-state index contributed by atoms with van der Waals surface area (Å²) in [5.41, 5.74) is 3.45. The summed E-state index contributed by atoms with van der Waals surface area (Å²) in [4.78, 5) is 4.43. The van der Waals surface area contributed by atoms with Crippen molar-refractivity contribution in [1.82, 2.24) is 15.2 Å². The molecule has 0 N–H and O–H groups in total. The van der Waals surface area contributed by atoms with Crippen molar-refractivity contribution in [2.24, 2.45) is 0 Å². The molecule has 7 heteroatoms. The van der Waals surface area contributed by atoms with E-state index in [1.165, 1.54) is 32.1 Å². The summed E-state index contributed by atoms with van der Waals surface area (Å²) < 4.78 is 23.0. The normalized spacial score (nSPS) is 16.7. The van der Waals surface area contributed by atoms with Gasteiger partial charge in [0.25, 0.3) is 0 Å². The Bertz CT molecular complexity index is 1050. The maximum absolute atomic E-state index is 5.85. The van der Waals surface area contributed by atoms with Crippen molar-refractivity contribution < 1.29 is 18.9 Å². The first kappa shape index (κ1) is 26.0. The molecule has 192 valence electrons. The summed E-state index contributed by atoms with van der Waals surface area (Å²) in [5, 5.41) is 8.81. The Balaban J connectivity index is 1.24. The van der Waals surface area contributed by atoms with Gasteiger partial charge in [-0.15, -0.1) is 10.2 Å². The molecular formula is C29H37N3O4. The van der Waals surface area contributed by atoms with Gasteiger partial charge >= 0.3 is 0 Å². The molecule has 1 aromatic carbocycles. The highest BCUT2D eigenvalue weighted by Gasteiger charge is 2.32. The van der Waals surface area contributed by atoms with Crippen molar-refractivity contribution in [2.75, 3.05) is 19.8 Å². The van der Waals surface area contributed by atoms with Gasteiger partial charge in [0.1, 0.15) is 18.5 Å². The molecule has 1 atom stereocenters. The highest BCUT2D eigenvalue weighted by atomic mass is 16.7. The van der Waals surface area contributed by atoms with Crippen molar-refractivity contribution in [3.8, 4) is 34.1 Å². The lowest BCUT2D eigenvalue weighted by Gasteiger charge is -2.17. The fourth-order valence-corrected chi connectivity index (χ4v) is 4.07. The summed E-state index contributed by atoms with van der Waals surface area (Å²) >= 11 is 0. The molecule has 36 heavy (non-hydrogen) atoms. The number of pyridine rings is 1. The predicted molar refractivity (Wildman–Crippen MR) is 140 cm³/mol. The third-order valence-corrected chi connectivity index (χ3v) is 6.10. The molecule has 3 aromatic rings. The highest BCUT2D eigenvalue weighted by molar-refractivity contribution is 5.63. The number of unbranched alkanes of at least 4 members (excludes halogenated alkanes) is 5. The van der Waals surface area contributed by atoms with Gasteiger partial charge in [0.15, 0.2) is 5.79 Å². The van der Waals surface area contributed by atoms with Gasteiger partial charge in [-0.2, -0.15) is 0 Å². The average molecular weight is 492 g/mol. The number of rotatable bonds is 13. The summed E-state index contributed by atoms with van der Waals surface area (Å²) in [6.45, 7) is 7.75. The Kier molecular flexibility index (Phi) is 9.25. The Morgan fingerprint density at radius 3 is 2.17 bits per heavy atom. The maximum atomic E-state index is 5.85. The van der Waals surface area contributed by atoms with E-state index in [4.69, 9.17) is 18.9 Å². The van der Waals surface area contributed by atoms with Crippen LogP contribution in [-0.4, -0.2) is 46.9 Å². The van der Waals surface area contributed by atoms with Gasteiger partial charge in [0.2, 0.25) is 5.88 Å². The van der Waals surface area contributed by atoms with Crippen LogP contribution in [0.25, 0.3) is 22.5 Å². The summed E-state index contributed by atoms with van der Waals surface area (Å²) in [5.74, 6) is 0.887. The number of aromatic nitrogens is 3. The van der Waals surface area contributed by atoms with E-state index < -0.39 is 5.79 Å². The van der Waals surface area contributed by atoms with Crippen molar-refractivity contribution in [3.63, 3.8) is 0 Å². The van der Waals surface area contributed by atoms with Crippen LogP contribution in [0.3, 0.4) is 0 Å². The van der Waals surface area contributed by atoms with Crippen molar-refractivity contribution in [1.29, 1.82) is 0 Å². The van der Waals surface area contributed by atoms with Crippen molar-refractivity contribution >= 4 is 0 Å². The Morgan fingerprint density at radius 1 is 0.833 bits per heavy atom. The lowest BCUT2D eigenvalue weighted by Crippen LogP contribution is -2.25. The smallest absolute Gasteiger partial charge is 0.213 e. The topological polar surface area (TPSA) is 75.6 Å². The van der Waals surface area contributed by atoms with Crippen LogP contribution in [-0.2, 0) is 9.47 Å². The minimum absolute atomic E-state index is 0.0616. The molecule has 0 spiro atoms. The molecule has 1 aliphatic rings. The first-order valence-corrected chi connectivity index (χ1v) is 13.0. The van der Waals surface area contributed by atoms with Gasteiger partial charge in [-0.1, -0.05) is 39.0 Å². The van der Waals surface area contributed by atoms with Crippen LogP contribution < -0.4 is 9.47 Å². The molecule has 3 heterocycles. The molecule has 0 aliphatic carbocycles. The minimum Gasteiger partial charge on any atom is -0.491 e. The fraction of sp³-hybridized carbons (Fsp3) is 0.483. The second-order valence-electron chi connectivity index (χ2n) is 9.59. The monoisotopic (exact) mass is 491 g/mol. The first-order chi connectivity index (χ1) is 17.5. The molecule has 0 amide bonds. The van der Waals surface area contributed by atoms with Crippen LogP contribution in [0.2, 0.25) is 0 Å². The second kappa shape index (κ2) is 12.8. The summed E-state index contributed by atoms with van der Waals surface area (Å²) in [7, 11) is 0. The van der Waals surface area contributed by atoms with Crippen molar-refractivity contribution in [2.45, 2.75) is 71.2 Å². The number of ether oxygens (including phenoxy) is 4. The van der Waals surface area contributed by atoms with Gasteiger partial charge < -0.3 is 18.9 Å². The van der Waals surface area contributed by atoms with Gasteiger partial charge in [0, 0.05) is 23.4 Å². The van der Waals surface area contributed by atoms with Crippen LogP contribution in [0.5, 0.6) is 11.6 Å². The quantitative estimate of drug-likeness (QED) is 0.253. The molecule has 1 saturated heterocycles. The van der Waals surface area contributed by atoms with E-state index in [-0.39, 0.29) is 6.10 Å². The SMILES string of the molecule is CCCCCCCCOc1ccc(-c2ccc(-c3ccc(OC[C@H]4COC(C)(C)O4)cc3)nn2)cn1. The second-order valence-corrected chi connectivity index (χ2v) is 9.59. The van der Waals surface area contributed by atoms with E-state index >= 15 is 0 Å². The van der Waals surface area contributed by atoms with Crippen LogP contribution >= 0.6 is 0 Å². The van der Waals surface area contributed by atoms with Crippen LogP contribution in [0.15, 0.2) is 54.7 Å². The van der Waals surface area contributed by atoms with E-state index in [1.54, 1.807) is 6.20 Å². The fourth-order valence-electron chi connectivity index (χ4n) is 4.07. The number of hydrogen-bond acceptors (Lipinski definition) is 7. The zero-order valence-electron chi connectivity index (χ0n) is 21.6. The van der Waals surface area contributed by atoms with E-state index in [9.17, 15) is 0 Å². The molecule has 4 rings (SSSR count). The minimum atomic E-state index is -0.540. The Hall–Kier alpha value is -3.03. The molecule has 1 aliphatic heterocycles. The first-order valence-electron chi connectivity index (χ1n) is 13.0. The largest absolute Gasteiger partial charge is 0.491 e. The molecule has 0 unspecified atom stereocenters. The molecule has 1 fully saturated rings. The maximum Gasteiger partial charge on any atom is 0.213 e. The van der Waals surface area contributed by atoms with Gasteiger partial charge in [-0.05, 0) is 62.7 Å². The molecule has 7 nitrogen and oxygen atoms in total. The van der Waals surface area contributed by atoms with Crippen LogP contribution in [0.1, 0.15) is 59.3 Å². The summed E-state index contributed by atoms with van der Waals surface area (Å²) in [6, 6.07) is 15.6. The molecular weight excluding hydrogens is 454 g/mol. The number of nitrogens with zero attached hydrogens (tertiary/aromatic N) is 3.